The molecule has 0 atom stereocenters. The van der Waals surface area contributed by atoms with E-state index in [0.717, 1.165) is 23.4 Å². The molecule has 0 amide bonds. The minimum atomic E-state index is -3.16. The van der Waals surface area contributed by atoms with Gasteiger partial charge in [-0.1, -0.05) is 12.1 Å². The van der Waals surface area contributed by atoms with Gasteiger partial charge in [-0.2, -0.15) is 5.10 Å². The van der Waals surface area contributed by atoms with Crippen LogP contribution in [-0.2, 0) is 23.4 Å². The van der Waals surface area contributed by atoms with Crippen LogP contribution < -0.4 is 5.32 Å². The summed E-state index contributed by atoms with van der Waals surface area (Å²) in [5.41, 5.74) is 2.98. The fourth-order valence-electron chi connectivity index (χ4n) is 2.31. The Bertz CT molecular complexity index is 744. The summed E-state index contributed by atoms with van der Waals surface area (Å²) < 4.78 is 24.8. The van der Waals surface area contributed by atoms with Crippen LogP contribution in [0.3, 0.4) is 0 Å². The minimum absolute atomic E-state index is 0.333. The molecule has 0 unspecified atom stereocenters. The van der Waals surface area contributed by atoms with E-state index in [1.807, 2.05) is 25.4 Å². The summed E-state index contributed by atoms with van der Waals surface area (Å²) in [6, 6.07) is 7.55. The Morgan fingerprint density at radius 1 is 1.29 bits per heavy atom. The Labute approximate surface area is 124 Å². The molecular formula is C15H19N3O2S. The Morgan fingerprint density at radius 2 is 1.95 bits per heavy atom. The number of nitrogens with zero attached hydrogens (tertiary/aromatic N) is 2. The Hall–Kier alpha value is -1.66. The average Bonchev–Trinajstić information content (AvgIpc) is 3.18. The van der Waals surface area contributed by atoms with Gasteiger partial charge in [0.05, 0.1) is 10.6 Å². The van der Waals surface area contributed by atoms with E-state index in [9.17, 15) is 8.42 Å². The van der Waals surface area contributed by atoms with Gasteiger partial charge in [0.1, 0.15) is 0 Å². The van der Waals surface area contributed by atoms with Crippen molar-refractivity contribution in [2.24, 2.45) is 7.05 Å². The molecule has 112 valence electrons. The lowest BCUT2D eigenvalue weighted by molar-refractivity contribution is 0.602. The van der Waals surface area contributed by atoms with Gasteiger partial charge >= 0.3 is 0 Å². The monoisotopic (exact) mass is 305 g/mol. The molecule has 1 fully saturated rings. The van der Waals surface area contributed by atoms with Gasteiger partial charge in [0.25, 0.3) is 0 Å². The summed E-state index contributed by atoms with van der Waals surface area (Å²) in [6.45, 7) is 0.793. The van der Waals surface area contributed by atoms with Crippen molar-refractivity contribution in [2.75, 3.05) is 6.26 Å². The number of rotatable bonds is 5. The first-order valence-corrected chi connectivity index (χ1v) is 8.89. The van der Waals surface area contributed by atoms with Crippen LogP contribution in [0.2, 0.25) is 0 Å². The van der Waals surface area contributed by atoms with E-state index in [-0.39, 0.29) is 0 Å². The zero-order valence-corrected chi connectivity index (χ0v) is 13.0. The van der Waals surface area contributed by atoms with Gasteiger partial charge in [-0.05, 0) is 25.0 Å². The number of nitrogens with one attached hydrogen (secondary N) is 1. The van der Waals surface area contributed by atoms with Crippen molar-refractivity contribution in [1.29, 1.82) is 0 Å². The van der Waals surface area contributed by atoms with Gasteiger partial charge in [-0.15, -0.1) is 0 Å². The zero-order chi connectivity index (χ0) is 15.0. The molecule has 0 radical (unpaired) electrons. The van der Waals surface area contributed by atoms with Crippen molar-refractivity contribution in [1.82, 2.24) is 15.1 Å². The van der Waals surface area contributed by atoms with Crippen molar-refractivity contribution in [3.8, 4) is 11.3 Å². The lowest BCUT2D eigenvalue weighted by Gasteiger charge is -2.05. The molecule has 2 aromatic rings. The van der Waals surface area contributed by atoms with Gasteiger partial charge in [-0.25, -0.2) is 8.42 Å². The summed E-state index contributed by atoms with van der Waals surface area (Å²) in [7, 11) is -1.26. The molecule has 0 spiro atoms. The number of hydrogen-bond acceptors (Lipinski definition) is 4. The van der Waals surface area contributed by atoms with E-state index < -0.39 is 9.84 Å². The molecule has 1 aromatic carbocycles. The molecule has 1 aliphatic rings. The topological polar surface area (TPSA) is 64.0 Å². The molecule has 6 heteroatoms. The second-order valence-electron chi connectivity index (χ2n) is 5.63. The highest BCUT2D eigenvalue weighted by atomic mass is 32.2. The highest BCUT2D eigenvalue weighted by molar-refractivity contribution is 7.90. The van der Waals surface area contributed by atoms with E-state index in [1.54, 1.807) is 16.8 Å². The van der Waals surface area contributed by atoms with Crippen molar-refractivity contribution >= 4 is 9.84 Å². The first-order chi connectivity index (χ1) is 9.93. The quantitative estimate of drug-likeness (QED) is 0.914. The molecule has 1 N–H and O–H groups in total. The SMILES string of the molecule is Cn1cc(CNC2CC2)c(-c2ccc(S(C)(=O)=O)cc2)n1. The van der Waals surface area contributed by atoms with Crippen LogP contribution in [0.5, 0.6) is 0 Å². The van der Waals surface area contributed by atoms with Crippen LogP contribution in [0.4, 0.5) is 0 Å². The van der Waals surface area contributed by atoms with Gasteiger partial charge in [-0.3, -0.25) is 4.68 Å². The molecule has 3 rings (SSSR count). The maximum atomic E-state index is 11.5. The number of benzene rings is 1. The zero-order valence-electron chi connectivity index (χ0n) is 12.2. The molecule has 1 heterocycles. The molecule has 0 saturated heterocycles. The third kappa shape index (κ3) is 3.33. The molecular weight excluding hydrogens is 286 g/mol. The molecule has 1 aromatic heterocycles. The summed E-state index contributed by atoms with van der Waals surface area (Å²) in [4.78, 5) is 0.333. The van der Waals surface area contributed by atoms with E-state index in [0.29, 0.717) is 10.9 Å². The molecule has 5 nitrogen and oxygen atoms in total. The van der Waals surface area contributed by atoms with Gasteiger partial charge in [0.15, 0.2) is 9.84 Å². The van der Waals surface area contributed by atoms with Crippen molar-refractivity contribution in [3.63, 3.8) is 0 Å². The fraction of sp³-hybridized carbons (Fsp3) is 0.400. The Morgan fingerprint density at radius 3 is 2.52 bits per heavy atom. The molecule has 1 aliphatic carbocycles. The van der Waals surface area contributed by atoms with Gasteiger partial charge in [0, 0.05) is 43.2 Å². The predicted octanol–water partition coefficient (Wildman–Crippen LogP) is 1.74. The number of aromatic nitrogens is 2. The third-order valence-corrected chi connectivity index (χ3v) is 4.75. The van der Waals surface area contributed by atoms with Gasteiger partial charge in [0.2, 0.25) is 0 Å². The second kappa shape index (κ2) is 5.27. The van der Waals surface area contributed by atoms with Crippen LogP contribution in [0, 0.1) is 0 Å². The number of aryl methyl sites for hydroxylation is 1. The summed E-state index contributed by atoms with van der Waals surface area (Å²) in [5, 5.41) is 7.98. The smallest absolute Gasteiger partial charge is 0.175 e. The average molecular weight is 305 g/mol. The molecule has 0 bridgehead atoms. The van der Waals surface area contributed by atoms with Crippen molar-refractivity contribution in [2.45, 2.75) is 30.3 Å². The largest absolute Gasteiger partial charge is 0.310 e. The van der Waals surface area contributed by atoms with Crippen LogP contribution >= 0.6 is 0 Å². The summed E-state index contributed by atoms with van der Waals surface area (Å²) >= 11 is 0. The van der Waals surface area contributed by atoms with E-state index in [4.69, 9.17) is 0 Å². The Balaban J connectivity index is 1.88. The maximum Gasteiger partial charge on any atom is 0.175 e. The normalized spacial score (nSPS) is 15.3. The maximum absolute atomic E-state index is 11.5. The standard InChI is InChI=1S/C15H19N3O2S/c1-18-10-12(9-16-13-5-6-13)15(17-18)11-3-7-14(8-4-11)21(2,19)20/h3-4,7-8,10,13,16H,5-6,9H2,1-2H3. The van der Waals surface area contributed by atoms with E-state index in [1.165, 1.54) is 19.1 Å². The van der Waals surface area contributed by atoms with Crippen molar-refractivity contribution < 1.29 is 8.42 Å². The van der Waals surface area contributed by atoms with E-state index >= 15 is 0 Å². The fourth-order valence-corrected chi connectivity index (χ4v) is 2.94. The van der Waals surface area contributed by atoms with Crippen molar-refractivity contribution in [3.05, 3.63) is 36.0 Å². The minimum Gasteiger partial charge on any atom is -0.310 e. The highest BCUT2D eigenvalue weighted by Gasteiger charge is 2.21. The van der Waals surface area contributed by atoms with Crippen LogP contribution in [0.1, 0.15) is 18.4 Å². The summed E-state index contributed by atoms with van der Waals surface area (Å²) in [5.74, 6) is 0. The second-order valence-corrected chi connectivity index (χ2v) is 7.64. The highest BCUT2D eigenvalue weighted by Crippen LogP contribution is 2.25. The Kier molecular flexibility index (Phi) is 3.59. The van der Waals surface area contributed by atoms with Gasteiger partial charge < -0.3 is 5.32 Å². The number of sulfone groups is 1. The lowest BCUT2D eigenvalue weighted by Crippen LogP contribution is -2.15. The third-order valence-electron chi connectivity index (χ3n) is 3.62. The predicted molar refractivity (Wildman–Crippen MR) is 81.6 cm³/mol. The van der Waals surface area contributed by atoms with Crippen LogP contribution in [-0.4, -0.2) is 30.5 Å². The lowest BCUT2D eigenvalue weighted by atomic mass is 10.1. The first-order valence-electron chi connectivity index (χ1n) is 7.00. The molecule has 1 saturated carbocycles. The first kappa shape index (κ1) is 14.3. The number of hydrogen-bond donors (Lipinski definition) is 1. The summed E-state index contributed by atoms with van der Waals surface area (Å²) in [6.07, 6.45) is 5.72. The van der Waals surface area contributed by atoms with Crippen LogP contribution in [0.15, 0.2) is 35.4 Å². The molecule has 21 heavy (non-hydrogen) atoms. The van der Waals surface area contributed by atoms with Crippen LogP contribution in [0.25, 0.3) is 11.3 Å². The molecule has 0 aliphatic heterocycles. The van der Waals surface area contributed by atoms with E-state index in [2.05, 4.69) is 10.4 Å².